The standard InChI is InChI=1S/C19H20N2/c1-15(2)12-16-4-3-5-18(13-16)17-6-8-19(9-7-17)21-11-10-20-14-21/h3-11,13-15H,12H2,1-2H3. The van der Waals surface area contributed by atoms with E-state index in [4.69, 9.17) is 0 Å². The van der Waals surface area contributed by atoms with Crippen molar-refractivity contribution in [1.29, 1.82) is 0 Å². The fourth-order valence-electron chi connectivity index (χ4n) is 2.59. The van der Waals surface area contributed by atoms with Gasteiger partial charge >= 0.3 is 0 Å². The molecular formula is C19H20N2. The van der Waals surface area contributed by atoms with Crippen LogP contribution < -0.4 is 0 Å². The highest BCUT2D eigenvalue weighted by Gasteiger charge is 2.02. The molecule has 0 aliphatic heterocycles. The van der Waals surface area contributed by atoms with Crippen LogP contribution in [-0.2, 0) is 6.42 Å². The molecule has 0 fully saturated rings. The molecule has 2 aromatic carbocycles. The summed E-state index contributed by atoms with van der Waals surface area (Å²) in [5.41, 5.74) is 5.07. The van der Waals surface area contributed by atoms with Gasteiger partial charge in [-0.2, -0.15) is 0 Å². The van der Waals surface area contributed by atoms with Crippen molar-refractivity contribution < 1.29 is 0 Å². The quantitative estimate of drug-likeness (QED) is 0.673. The molecule has 0 radical (unpaired) electrons. The fraction of sp³-hybridized carbons (Fsp3) is 0.211. The predicted octanol–water partition coefficient (Wildman–Crippen LogP) is 4.74. The van der Waals surface area contributed by atoms with Gasteiger partial charge in [-0.05, 0) is 41.2 Å². The number of rotatable bonds is 4. The van der Waals surface area contributed by atoms with Crippen molar-refractivity contribution in [2.75, 3.05) is 0 Å². The van der Waals surface area contributed by atoms with Gasteiger partial charge in [0.2, 0.25) is 0 Å². The van der Waals surface area contributed by atoms with E-state index in [1.807, 2.05) is 17.1 Å². The maximum atomic E-state index is 4.08. The molecule has 106 valence electrons. The lowest BCUT2D eigenvalue weighted by atomic mass is 9.98. The van der Waals surface area contributed by atoms with E-state index in [9.17, 15) is 0 Å². The van der Waals surface area contributed by atoms with Crippen LogP contribution >= 0.6 is 0 Å². The Labute approximate surface area is 126 Å². The minimum atomic E-state index is 0.684. The molecule has 21 heavy (non-hydrogen) atoms. The largest absolute Gasteiger partial charge is 0.306 e. The minimum Gasteiger partial charge on any atom is -0.306 e. The summed E-state index contributed by atoms with van der Waals surface area (Å²) in [5.74, 6) is 0.684. The van der Waals surface area contributed by atoms with Crippen molar-refractivity contribution in [3.8, 4) is 16.8 Å². The SMILES string of the molecule is CC(C)Cc1cccc(-c2ccc(-n3ccnc3)cc2)c1. The molecule has 0 bridgehead atoms. The molecule has 2 heteroatoms. The lowest BCUT2D eigenvalue weighted by Gasteiger charge is -2.09. The van der Waals surface area contributed by atoms with Crippen LogP contribution in [0.5, 0.6) is 0 Å². The van der Waals surface area contributed by atoms with Gasteiger partial charge in [0.25, 0.3) is 0 Å². The molecule has 0 unspecified atom stereocenters. The molecule has 2 nitrogen and oxygen atoms in total. The van der Waals surface area contributed by atoms with Crippen molar-refractivity contribution in [3.05, 3.63) is 72.8 Å². The Bertz CT molecular complexity index is 695. The fourth-order valence-corrected chi connectivity index (χ4v) is 2.59. The Kier molecular flexibility index (Phi) is 3.87. The van der Waals surface area contributed by atoms with Crippen LogP contribution in [0.25, 0.3) is 16.8 Å². The van der Waals surface area contributed by atoms with Crippen LogP contribution in [0.1, 0.15) is 19.4 Å². The lowest BCUT2D eigenvalue weighted by Crippen LogP contribution is -1.94. The van der Waals surface area contributed by atoms with Gasteiger partial charge in [-0.3, -0.25) is 0 Å². The first kappa shape index (κ1) is 13.6. The highest BCUT2D eigenvalue weighted by molar-refractivity contribution is 5.65. The molecule has 0 N–H and O–H groups in total. The molecule has 0 saturated heterocycles. The summed E-state index contributed by atoms with van der Waals surface area (Å²) in [6.45, 7) is 4.51. The van der Waals surface area contributed by atoms with Gasteiger partial charge < -0.3 is 4.57 Å². The monoisotopic (exact) mass is 276 g/mol. The van der Waals surface area contributed by atoms with Crippen LogP contribution in [0.15, 0.2) is 67.3 Å². The zero-order valence-electron chi connectivity index (χ0n) is 12.5. The van der Waals surface area contributed by atoms with Crippen LogP contribution in [-0.4, -0.2) is 9.55 Å². The molecular weight excluding hydrogens is 256 g/mol. The number of aromatic nitrogens is 2. The average Bonchev–Trinajstić information content (AvgIpc) is 3.01. The summed E-state index contributed by atoms with van der Waals surface area (Å²) in [7, 11) is 0. The van der Waals surface area contributed by atoms with E-state index in [0.29, 0.717) is 5.92 Å². The van der Waals surface area contributed by atoms with Crippen molar-refractivity contribution in [3.63, 3.8) is 0 Å². The van der Waals surface area contributed by atoms with E-state index < -0.39 is 0 Å². The number of hydrogen-bond acceptors (Lipinski definition) is 1. The molecule has 1 aromatic heterocycles. The van der Waals surface area contributed by atoms with Crippen molar-refractivity contribution >= 4 is 0 Å². The van der Waals surface area contributed by atoms with Gasteiger partial charge in [0.05, 0.1) is 6.33 Å². The Morgan fingerprint density at radius 3 is 2.48 bits per heavy atom. The van der Waals surface area contributed by atoms with E-state index in [-0.39, 0.29) is 0 Å². The van der Waals surface area contributed by atoms with E-state index in [2.05, 4.69) is 67.4 Å². The van der Waals surface area contributed by atoms with Crippen molar-refractivity contribution in [2.45, 2.75) is 20.3 Å². The van der Waals surface area contributed by atoms with E-state index in [0.717, 1.165) is 12.1 Å². The van der Waals surface area contributed by atoms with Gasteiger partial charge in [-0.1, -0.05) is 50.2 Å². The third-order valence-electron chi connectivity index (χ3n) is 3.57. The smallest absolute Gasteiger partial charge is 0.0991 e. The molecule has 0 saturated carbocycles. The van der Waals surface area contributed by atoms with Crippen LogP contribution in [0, 0.1) is 5.92 Å². The minimum absolute atomic E-state index is 0.684. The third-order valence-corrected chi connectivity index (χ3v) is 3.57. The first-order valence-corrected chi connectivity index (χ1v) is 7.40. The topological polar surface area (TPSA) is 17.8 Å². The number of benzene rings is 2. The Morgan fingerprint density at radius 2 is 1.81 bits per heavy atom. The number of nitrogens with zero attached hydrogens (tertiary/aromatic N) is 2. The van der Waals surface area contributed by atoms with Crippen LogP contribution in [0.4, 0.5) is 0 Å². The number of imidazole rings is 1. The molecule has 3 aromatic rings. The van der Waals surface area contributed by atoms with Crippen molar-refractivity contribution in [2.24, 2.45) is 5.92 Å². The maximum Gasteiger partial charge on any atom is 0.0991 e. The van der Waals surface area contributed by atoms with Gasteiger partial charge in [-0.15, -0.1) is 0 Å². The highest BCUT2D eigenvalue weighted by Crippen LogP contribution is 2.23. The van der Waals surface area contributed by atoms with E-state index >= 15 is 0 Å². The van der Waals surface area contributed by atoms with Gasteiger partial charge in [0.1, 0.15) is 0 Å². The molecule has 0 atom stereocenters. The van der Waals surface area contributed by atoms with Gasteiger partial charge in [0, 0.05) is 18.1 Å². The molecule has 0 amide bonds. The second-order valence-electron chi connectivity index (χ2n) is 5.82. The Balaban J connectivity index is 1.87. The molecule has 3 rings (SSSR count). The summed E-state index contributed by atoms with van der Waals surface area (Å²) in [6.07, 6.45) is 6.70. The summed E-state index contributed by atoms with van der Waals surface area (Å²) >= 11 is 0. The van der Waals surface area contributed by atoms with E-state index in [1.54, 1.807) is 6.20 Å². The average molecular weight is 276 g/mol. The van der Waals surface area contributed by atoms with Gasteiger partial charge in [-0.25, -0.2) is 4.98 Å². The predicted molar refractivity (Wildman–Crippen MR) is 87.5 cm³/mol. The Morgan fingerprint density at radius 1 is 1.00 bits per heavy atom. The molecule has 0 spiro atoms. The van der Waals surface area contributed by atoms with E-state index in [1.165, 1.54) is 16.7 Å². The van der Waals surface area contributed by atoms with Crippen LogP contribution in [0.3, 0.4) is 0 Å². The zero-order chi connectivity index (χ0) is 14.7. The third kappa shape index (κ3) is 3.22. The summed E-state index contributed by atoms with van der Waals surface area (Å²) < 4.78 is 2.01. The molecule has 0 aliphatic rings. The number of hydrogen-bond donors (Lipinski definition) is 0. The summed E-state index contributed by atoms with van der Waals surface area (Å²) in [5, 5.41) is 0. The second kappa shape index (κ2) is 5.96. The first-order valence-electron chi connectivity index (χ1n) is 7.40. The highest BCUT2D eigenvalue weighted by atomic mass is 15.0. The van der Waals surface area contributed by atoms with Gasteiger partial charge in [0.15, 0.2) is 0 Å². The Hall–Kier alpha value is -2.35. The molecule has 1 heterocycles. The summed E-state index contributed by atoms with van der Waals surface area (Å²) in [4.78, 5) is 4.08. The lowest BCUT2D eigenvalue weighted by molar-refractivity contribution is 0.647. The zero-order valence-corrected chi connectivity index (χ0v) is 12.5. The first-order chi connectivity index (χ1) is 10.2. The summed E-state index contributed by atoms with van der Waals surface area (Å²) in [6, 6.07) is 17.4. The van der Waals surface area contributed by atoms with Crippen LogP contribution in [0.2, 0.25) is 0 Å². The maximum absolute atomic E-state index is 4.08. The van der Waals surface area contributed by atoms with Crippen molar-refractivity contribution in [1.82, 2.24) is 9.55 Å². The molecule has 0 aliphatic carbocycles. The normalized spacial score (nSPS) is 11.0. The second-order valence-corrected chi connectivity index (χ2v) is 5.82.